The van der Waals surface area contributed by atoms with E-state index in [9.17, 15) is 9.59 Å². The minimum Gasteiger partial charge on any atom is -0.326 e. The van der Waals surface area contributed by atoms with Gasteiger partial charge in [-0.25, -0.2) is 0 Å². The summed E-state index contributed by atoms with van der Waals surface area (Å²) in [7, 11) is 0. The summed E-state index contributed by atoms with van der Waals surface area (Å²) < 4.78 is 0. The molecule has 0 bridgehead atoms. The third-order valence-corrected chi connectivity index (χ3v) is 6.57. The average Bonchev–Trinajstić information content (AvgIpc) is 3.61. The molecule has 0 aromatic heterocycles. The van der Waals surface area contributed by atoms with Gasteiger partial charge in [-0.1, -0.05) is 48.0 Å². The maximum atomic E-state index is 13.3. The van der Waals surface area contributed by atoms with Gasteiger partial charge < -0.3 is 10.6 Å². The Hall–Kier alpha value is -3.05. The summed E-state index contributed by atoms with van der Waals surface area (Å²) in [5, 5.41) is 5.66. The molecule has 0 radical (unpaired) electrons. The SMILES string of the molecule is Cc1ccc(NC(=O)C(Sc2ccc(NC(=O)C3CC3)cc2)c2ccccc2)c(C)c1. The topological polar surface area (TPSA) is 58.2 Å². The molecule has 4 nitrogen and oxygen atoms in total. The highest BCUT2D eigenvalue weighted by Crippen LogP contribution is 2.37. The fourth-order valence-electron chi connectivity index (χ4n) is 3.40. The number of nitrogens with one attached hydrogen (secondary N) is 2. The lowest BCUT2D eigenvalue weighted by Crippen LogP contribution is -2.19. The number of hydrogen-bond acceptors (Lipinski definition) is 3. The lowest BCUT2D eigenvalue weighted by atomic mass is 10.1. The molecular weight excluding hydrogens is 404 g/mol. The summed E-state index contributed by atoms with van der Waals surface area (Å²) in [6, 6.07) is 23.5. The van der Waals surface area contributed by atoms with Crippen molar-refractivity contribution in [2.75, 3.05) is 10.6 Å². The zero-order chi connectivity index (χ0) is 21.8. The first-order valence-electron chi connectivity index (χ1n) is 10.5. The van der Waals surface area contributed by atoms with E-state index in [1.54, 1.807) is 0 Å². The number of benzene rings is 3. The molecule has 5 heteroatoms. The van der Waals surface area contributed by atoms with Crippen LogP contribution in [0.2, 0.25) is 0 Å². The molecule has 2 N–H and O–H groups in total. The van der Waals surface area contributed by atoms with E-state index in [0.717, 1.165) is 40.2 Å². The zero-order valence-electron chi connectivity index (χ0n) is 17.7. The first-order valence-corrected chi connectivity index (χ1v) is 11.4. The van der Waals surface area contributed by atoms with Crippen LogP contribution < -0.4 is 10.6 Å². The van der Waals surface area contributed by atoms with Gasteiger partial charge in [0, 0.05) is 22.2 Å². The van der Waals surface area contributed by atoms with Crippen molar-refractivity contribution in [3.8, 4) is 0 Å². The van der Waals surface area contributed by atoms with Crippen LogP contribution in [0, 0.1) is 19.8 Å². The molecule has 0 saturated heterocycles. The molecule has 1 aliphatic carbocycles. The Kier molecular flexibility index (Phi) is 6.42. The van der Waals surface area contributed by atoms with Gasteiger partial charge in [0.1, 0.15) is 5.25 Å². The summed E-state index contributed by atoms with van der Waals surface area (Å²) >= 11 is 1.50. The van der Waals surface area contributed by atoms with Crippen molar-refractivity contribution >= 4 is 35.0 Å². The van der Waals surface area contributed by atoms with E-state index < -0.39 is 5.25 Å². The number of rotatable bonds is 7. The molecule has 1 atom stereocenters. The maximum absolute atomic E-state index is 13.3. The van der Waals surface area contributed by atoms with E-state index in [4.69, 9.17) is 0 Å². The molecule has 1 fully saturated rings. The van der Waals surface area contributed by atoms with Gasteiger partial charge in [0.05, 0.1) is 0 Å². The van der Waals surface area contributed by atoms with E-state index in [1.165, 1.54) is 17.3 Å². The predicted molar refractivity (Wildman–Crippen MR) is 127 cm³/mol. The second-order valence-electron chi connectivity index (χ2n) is 8.00. The van der Waals surface area contributed by atoms with Gasteiger partial charge in [0.15, 0.2) is 0 Å². The molecule has 4 rings (SSSR count). The van der Waals surface area contributed by atoms with Crippen molar-refractivity contribution in [3.63, 3.8) is 0 Å². The van der Waals surface area contributed by atoms with Gasteiger partial charge in [0.2, 0.25) is 11.8 Å². The third-order valence-electron chi connectivity index (χ3n) is 5.30. The van der Waals surface area contributed by atoms with Gasteiger partial charge in [-0.2, -0.15) is 0 Å². The molecule has 0 heterocycles. The number of anilines is 2. The Morgan fingerprint density at radius 3 is 2.26 bits per heavy atom. The Balaban J connectivity index is 1.51. The number of thioether (sulfide) groups is 1. The highest BCUT2D eigenvalue weighted by Gasteiger charge is 2.29. The van der Waals surface area contributed by atoms with E-state index >= 15 is 0 Å². The van der Waals surface area contributed by atoms with Crippen molar-refractivity contribution in [2.24, 2.45) is 5.92 Å². The quantitative estimate of drug-likeness (QED) is 0.444. The number of amides is 2. The smallest absolute Gasteiger partial charge is 0.242 e. The number of carbonyl (C=O) groups is 2. The fourth-order valence-corrected chi connectivity index (χ4v) is 4.42. The van der Waals surface area contributed by atoms with Crippen molar-refractivity contribution in [1.82, 2.24) is 0 Å². The Bertz CT molecular complexity index is 1080. The first kappa shape index (κ1) is 21.2. The van der Waals surface area contributed by atoms with Crippen LogP contribution in [0.15, 0.2) is 77.7 Å². The third kappa shape index (κ3) is 5.56. The highest BCUT2D eigenvalue weighted by molar-refractivity contribution is 8.00. The Morgan fingerprint density at radius 2 is 1.61 bits per heavy atom. The van der Waals surface area contributed by atoms with Crippen molar-refractivity contribution < 1.29 is 9.59 Å². The highest BCUT2D eigenvalue weighted by atomic mass is 32.2. The average molecular weight is 431 g/mol. The number of hydrogen-bond donors (Lipinski definition) is 2. The van der Waals surface area contributed by atoms with Gasteiger partial charge in [-0.3, -0.25) is 9.59 Å². The maximum Gasteiger partial charge on any atom is 0.242 e. The van der Waals surface area contributed by atoms with E-state index in [2.05, 4.69) is 16.7 Å². The summed E-state index contributed by atoms with van der Waals surface area (Å²) in [4.78, 5) is 26.2. The van der Waals surface area contributed by atoms with Gasteiger partial charge in [-0.15, -0.1) is 11.8 Å². The molecule has 1 aliphatic rings. The molecule has 3 aromatic carbocycles. The van der Waals surface area contributed by atoms with Crippen LogP contribution in [0.5, 0.6) is 0 Å². The van der Waals surface area contributed by atoms with E-state index in [-0.39, 0.29) is 17.7 Å². The van der Waals surface area contributed by atoms with Crippen LogP contribution in [-0.4, -0.2) is 11.8 Å². The fraction of sp³-hybridized carbons (Fsp3) is 0.231. The van der Waals surface area contributed by atoms with E-state index in [0.29, 0.717) is 0 Å². The lowest BCUT2D eigenvalue weighted by Gasteiger charge is -2.18. The normalized spacial score (nSPS) is 14.0. The number of aryl methyl sites for hydroxylation is 2. The van der Waals surface area contributed by atoms with Crippen LogP contribution in [0.3, 0.4) is 0 Å². The molecule has 1 saturated carbocycles. The monoisotopic (exact) mass is 430 g/mol. The van der Waals surface area contributed by atoms with Gasteiger partial charge in [-0.05, 0) is 68.1 Å². The summed E-state index contributed by atoms with van der Waals surface area (Å²) in [5.74, 6) is 0.204. The molecule has 0 aliphatic heterocycles. The van der Waals surface area contributed by atoms with Gasteiger partial charge >= 0.3 is 0 Å². The molecule has 2 amide bonds. The molecule has 158 valence electrons. The van der Waals surface area contributed by atoms with Crippen LogP contribution in [0.4, 0.5) is 11.4 Å². The predicted octanol–water partition coefficient (Wildman–Crippen LogP) is 6.12. The molecule has 3 aromatic rings. The van der Waals surface area contributed by atoms with E-state index in [1.807, 2.05) is 80.6 Å². The van der Waals surface area contributed by atoms with Crippen LogP contribution in [0.25, 0.3) is 0 Å². The molecular formula is C26H26N2O2S. The second-order valence-corrected chi connectivity index (χ2v) is 9.18. The van der Waals surface area contributed by atoms with Crippen LogP contribution >= 0.6 is 11.8 Å². The second kappa shape index (κ2) is 9.40. The molecule has 1 unspecified atom stereocenters. The number of carbonyl (C=O) groups excluding carboxylic acids is 2. The van der Waals surface area contributed by atoms with Crippen molar-refractivity contribution in [2.45, 2.75) is 36.8 Å². The zero-order valence-corrected chi connectivity index (χ0v) is 18.5. The summed E-state index contributed by atoms with van der Waals surface area (Å²) in [5.41, 5.74) is 4.77. The molecule has 31 heavy (non-hydrogen) atoms. The summed E-state index contributed by atoms with van der Waals surface area (Å²) in [6.07, 6.45) is 1.96. The minimum atomic E-state index is -0.395. The Morgan fingerprint density at radius 1 is 0.903 bits per heavy atom. The van der Waals surface area contributed by atoms with Crippen LogP contribution in [-0.2, 0) is 9.59 Å². The van der Waals surface area contributed by atoms with Crippen molar-refractivity contribution in [3.05, 3.63) is 89.5 Å². The van der Waals surface area contributed by atoms with Crippen molar-refractivity contribution in [1.29, 1.82) is 0 Å². The van der Waals surface area contributed by atoms with Crippen LogP contribution in [0.1, 0.15) is 34.8 Å². The largest absolute Gasteiger partial charge is 0.326 e. The lowest BCUT2D eigenvalue weighted by molar-refractivity contribution is -0.117. The standard InChI is InChI=1S/C26H26N2O2S/c1-17-8-15-23(18(2)16-17)28-26(30)24(19-6-4-3-5-7-19)31-22-13-11-21(12-14-22)27-25(29)20-9-10-20/h3-8,11-16,20,24H,9-10H2,1-2H3,(H,27,29)(H,28,30). The Labute approximate surface area is 187 Å². The van der Waals surface area contributed by atoms with Gasteiger partial charge in [0.25, 0.3) is 0 Å². The first-order chi connectivity index (χ1) is 15.0. The molecule has 0 spiro atoms. The summed E-state index contributed by atoms with van der Waals surface area (Å²) in [6.45, 7) is 4.04. The minimum absolute atomic E-state index is 0.0609.